The first-order chi connectivity index (χ1) is 23.8. The van der Waals surface area contributed by atoms with Crippen molar-refractivity contribution in [3.63, 3.8) is 0 Å². The van der Waals surface area contributed by atoms with Crippen molar-refractivity contribution in [3.8, 4) is 11.3 Å². The predicted molar refractivity (Wildman–Crippen MR) is 195 cm³/mol. The highest BCUT2D eigenvalue weighted by Gasteiger charge is 2.28. The normalized spacial score (nSPS) is 16.5. The molecule has 0 saturated carbocycles. The molecule has 3 aromatic heterocycles. The number of aromatic nitrogens is 3. The van der Waals surface area contributed by atoms with Gasteiger partial charge in [-0.2, -0.15) is 0 Å². The molecule has 5 heterocycles. The highest BCUT2D eigenvalue weighted by Crippen LogP contribution is 2.35. The number of anilines is 1. The van der Waals surface area contributed by atoms with Crippen LogP contribution in [0.25, 0.3) is 22.2 Å². The summed E-state index contributed by atoms with van der Waals surface area (Å²) in [4.78, 5) is 56.8. The summed E-state index contributed by atoms with van der Waals surface area (Å²) in [6.07, 6.45) is 1.56. The molecule has 0 bridgehead atoms. The van der Waals surface area contributed by atoms with E-state index in [9.17, 15) is 14.4 Å². The van der Waals surface area contributed by atoms with E-state index in [4.69, 9.17) is 14.5 Å². The van der Waals surface area contributed by atoms with Gasteiger partial charge in [-0.1, -0.05) is 0 Å². The number of ether oxygens (including phenoxy) is 2. The predicted octanol–water partition coefficient (Wildman–Crippen LogP) is 5.22. The molecule has 2 saturated heterocycles. The Kier molecular flexibility index (Phi) is 10.0. The van der Waals surface area contributed by atoms with Crippen LogP contribution in [-0.4, -0.2) is 94.8 Å². The fourth-order valence-corrected chi connectivity index (χ4v) is 6.97. The third-order valence-corrected chi connectivity index (χ3v) is 9.72. The number of H-pyrrole nitrogens is 2. The number of amides is 2. The van der Waals surface area contributed by atoms with Gasteiger partial charge in [-0.25, -0.2) is 9.78 Å². The fourth-order valence-electron chi connectivity index (χ4n) is 6.97. The standard InChI is InChI=1S/C38H49N7O5/c1-23-18-24(2)41-35(46)30(23)22-40-36(47)33-25(3)29(26(4)43-14-16-49-17-15-43)19-28-20-31(42-34(28)33)27-8-9-32(39-21-27)44-10-12-45(13-11-44)37(48)50-38(5,6)7/h8-9,18-21,26,42H,10-17,22H2,1-7H3,(H,40,47)(H,41,46). The molecular formula is C38H49N7O5. The summed E-state index contributed by atoms with van der Waals surface area (Å²) in [5.74, 6) is 0.600. The van der Waals surface area contributed by atoms with Crippen LogP contribution in [0, 0.1) is 20.8 Å². The Morgan fingerprint density at radius 2 is 1.72 bits per heavy atom. The third kappa shape index (κ3) is 7.56. The van der Waals surface area contributed by atoms with Gasteiger partial charge in [0.15, 0.2) is 0 Å². The summed E-state index contributed by atoms with van der Waals surface area (Å²) >= 11 is 0. The molecule has 1 aromatic carbocycles. The van der Waals surface area contributed by atoms with Gasteiger partial charge in [-0.3, -0.25) is 14.5 Å². The average molecular weight is 684 g/mol. The summed E-state index contributed by atoms with van der Waals surface area (Å²) in [5.41, 5.74) is 6.48. The molecule has 2 fully saturated rings. The van der Waals surface area contributed by atoms with Gasteiger partial charge >= 0.3 is 6.09 Å². The van der Waals surface area contributed by atoms with Crippen LogP contribution < -0.4 is 15.8 Å². The van der Waals surface area contributed by atoms with E-state index in [0.717, 1.165) is 63.5 Å². The number of piperazine rings is 1. The van der Waals surface area contributed by atoms with Gasteiger partial charge in [0.2, 0.25) is 0 Å². The Hall–Kier alpha value is -4.68. The molecule has 12 nitrogen and oxygen atoms in total. The van der Waals surface area contributed by atoms with Crippen LogP contribution in [0.3, 0.4) is 0 Å². The Bertz CT molecular complexity index is 1930. The zero-order chi connectivity index (χ0) is 35.7. The number of pyridine rings is 2. The van der Waals surface area contributed by atoms with E-state index in [1.165, 1.54) is 0 Å². The largest absolute Gasteiger partial charge is 0.444 e. The second-order valence-corrected chi connectivity index (χ2v) is 14.4. The number of aryl methyl sites for hydroxylation is 2. The molecule has 266 valence electrons. The van der Waals surface area contributed by atoms with Crippen molar-refractivity contribution in [2.24, 2.45) is 0 Å². The van der Waals surface area contributed by atoms with Gasteiger partial charge in [0.25, 0.3) is 11.5 Å². The number of carbonyl (C=O) groups excluding carboxylic acids is 2. The molecule has 12 heteroatoms. The second kappa shape index (κ2) is 14.3. The number of hydrogen-bond acceptors (Lipinski definition) is 8. The first kappa shape index (κ1) is 35.2. The Balaban J connectivity index is 1.27. The van der Waals surface area contributed by atoms with Crippen LogP contribution in [0.2, 0.25) is 0 Å². The average Bonchev–Trinajstić information content (AvgIpc) is 3.50. The minimum atomic E-state index is -0.527. The van der Waals surface area contributed by atoms with Crippen LogP contribution in [0.15, 0.2) is 41.3 Å². The van der Waals surface area contributed by atoms with Crippen molar-refractivity contribution in [2.45, 2.75) is 66.7 Å². The summed E-state index contributed by atoms with van der Waals surface area (Å²) < 4.78 is 11.1. The molecular weight excluding hydrogens is 634 g/mol. The first-order valence-corrected chi connectivity index (χ1v) is 17.4. The smallest absolute Gasteiger partial charge is 0.410 e. The lowest BCUT2D eigenvalue weighted by Gasteiger charge is -2.36. The molecule has 6 rings (SSSR count). The monoisotopic (exact) mass is 683 g/mol. The van der Waals surface area contributed by atoms with Gasteiger partial charge in [0, 0.05) is 86.0 Å². The number of fused-ring (bicyclic) bond motifs is 1. The minimum absolute atomic E-state index is 0.0760. The summed E-state index contributed by atoms with van der Waals surface area (Å²) in [6.45, 7) is 19.1. The number of benzene rings is 1. The molecule has 1 atom stereocenters. The number of carbonyl (C=O) groups is 2. The topological polar surface area (TPSA) is 136 Å². The zero-order valence-corrected chi connectivity index (χ0v) is 30.2. The van der Waals surface area contributed by atoms with Crippen molar-refractivity contribution in [1.82, 2.24) is 30.1 Å². The van der Waals surface area contributed by atoms with Gasteiger partial charge in [-0.05, 0) is 95.5 Å². The molecule has 0 aliphatic carbocycles. The first-order valence-electron chi connectivity index (χ1n) is 17.4. The van der Waals surface area contributed by atoms with Gasteiger partial charge < -0.3 is 34.6 Å². The second-order valence-electron chi connectivity index (χ2n) is 14.4. The van der Waals surface area contributed by atoms with E-state index >= 15 is 0 Å². The number of morpholine rings is 1. The van der Waals surface area contributed by atoms with E-state index in [1.807, 2.05) is 65.9 Å². The SMILES string of the molecule is Cc1cc(C)c(CNC(=O)c2c(C)c(C(C)N3CCOCC3)cc3cc(-c4ccc(N5CCN(C(=O)OC(C)(C)C)CC5)nc4)[nH]c23)c(=O)[nH]1. The zero-order valence-electron chi connectivity index (χ0n) is 30.2. The van der Waals surface area contributed by atoms with E-state index in [-0.39, 0.29) is 30.1 Å². The highest BCUT2D eigenvalue weighted by molar-refractivity contribution is 6.08. The maximum Gasteiger partial charge on any atom is 0.410 e. The number of nitrogens with one attached hydrogen (secondary N) is 3. The number of nitrogens with zero attached hydrogens (tertiary/aromatic N) is 4. The minimum Gasteiger partial charge on any atom is -0.444 e. The van der Waals surface area contributed by atoms with Gasteiger partial charge in [-0.15, -0.1) is 0 Å². The molecule has 3 N–H and O–H groups in total. The van der Waals surface area contributed by atoms with Crippen molar-refractivity contribution in [2.75, 3.05) is 57.4 Å². The molecule has 2 amide bonds. The molecule has 2 aliphatic rings. The lowest BCUT2D eigenvalue weighted by molar-refractivity contribution is 0.0197. The van der Waals surface area contributed by atoms with Crippen LogP contribution in [0.1, 0.15) is 72.0 Å². The fraction of sp³-hybridized carbons (Fsp3) is 0.474. The van der Waals surface area contributed by atoms with Gasteiger partial charge in [0.1, 0.15) is 11.4 Å². The maximum atomic E-state index is 14.1. The lowest BCUT2D eigenvalue weighted by atomic mass is 9.93. The van der Waals surface area contributed by atoms with Crippen LogP contribution in [-0.2, 0) is 16.0 Å². The number of hydrogen-bond donors (Lipinski definition) is 3. The van der Waals surface area contributed by atoms with Crippen molar-refractivity contribution in [1.29, 1.82) is 0 Å². The van der Waals surface area contributed by atoms with E-state index in [2.05, 4.69) is 44.1 Å². The molecule has 1 unspecified atom stereocenters. The third-order valence-electron chi connectivity index (χ3n) is 9.72. The summed E-state index contributed by atoms with van der Waals surface area (Å²) in [5, 5.41) is 3.97. The van der Waals surface area contributed by atoms with E-state index < -0.39 is 5.60 Å². The molecule has 50 heavy (non-hydrogen) atoms. The van der Waals surface area contributed by atoms with Crippen molar-refractivity contribution < 1.29 is 19.1 Å². The van der Waals surface area contributed by atoms with Crippen molar-refractivity contribution in [3.05, 3.63) is 80.4 Å². The molecule has 2 aliphatic heterocycles. The van der Waals surface area contributed by atoms with Crippen molar-refractivity contribution >= 4 is 28.7 Å². The summed E-state index contributed by atoms with van der Waals surface area (Å²) in [7, 11) is 0. The van der Waals surface area contributed by atoms with Crippen LogP contribution in [0.5, 0.6) is 0 Å². The van der Waals surface area contributed by atoms with Crippen LogP contribution in [0.4, 0.5) is 10.6 Å². The van der Waals surface area contributed by atoms with Crippen LogP contribution >= 0.6 is 0 Å². The van der Waals surface area contributed by atoms with E-state index in [0.29, 0.717) is 50.5 Å². The Morgan fingerprint density at radius 1 is 1.00 bits per heavy atom. The van der Waals surface area contributed by atoms with E-state index in [1.54, 1.807) is 4.90 Å². The number of aromatic amines is 2. The molecule has 0 radical (unpaired) electrons. The highest BCUT2D eigenvalue weighted by atomic mass is 16.6. The summed E-state index contributed by atoms with van der Waals surface area (Å²) in [6, 6.07) is 10.3. The number of rotatable bonds is 7. The quantitative estimate of drug-likeness (QED) is 0.241. The van der Waals surface area contributed by atoms with Gasteiger partial charge in [0.05, 0.1) is 24.3 Å². The Labute approximate surface area is 293 Å². The molecule has 4 aromatic rings. The lowest BCUT2D eigenvalue weighted by Crippen LogP contribution is -2.50. The maximum absolute atomic E-state index is 14.1. The Morgan fingerprint density at radius 3 is 2.36 bits per heavy atom. The molecule has 0 spiro atoms.